The van der Waals surface area contributed by atoms with Crippen molar-refractivity contribution in [3.63, 3.8) is 0 Å². The second-order valence-electron chi connectivity index (χ2n) is 16.9. The first-order valence-corrected chi connectivity index (χ1v) is 20.7. The van der Waals surface area contributed by atoms with Crippen molar-refractivity contribution >= 4 is 11.8 Å². The van der Waals surface area contributed by atoms with Gasteiger partial charge in [0.1, 0.15) is 0 Å². The molecule has 0 aromatic carbocycles. The average Bonchev–Trinajstić information content (AvgIpc) is 3.78. The molecule has 2 heterocycles. The van der Waals surface area contributed by atoms with Gasteiger partial charge in [0.05, 0.1) is 12.2 Å². The number of nitrogens with zero attached hydrogens (tertiary/aromatic N) is 1. The van der Waals surface area contributed by atoms with Gasteiger partial charge in [-0.05, 0) is 131 Å². The first-order valence-electron chi connectivity index (χ1n) is 25.5. The van der Waals surface area contributed by atoms with Gasteiger partial charge in [-0.25, -0.2) is 0 Å². The molecule has 7 saturated carbocycles. The van der Waals surface area contributed by atoms with Crippen LogP contribution in [0.15, 0.2) is 0 Å². The predicted octanol–water partition coefficient (Wildman–Crippen LogP) is 11.2. The van der Waals surface area contributed by atoms with Crippen molar-refractivity contribution in [3.8, 4) is 0 Å². The Bertz CT molecular complexity index is 1230. The summed E-state index contributed by atoms with van der Waals surface area (Å²) in [6.07, 6.45) is 11.5. The molecule has 0 bridgehead atoms. The number of hydrogen-bond acceptors (Lipinski definition) is 3. The molecule has 254 valence electrons. The third-order valence-corrected chi connectivity index (χ3v) is 16.7. The van der Waals surface area contributed by atoms with E-state index in [0.29, 0.717) is 42.0 Å². The lowest BCUT2D eigenvalue weighted by atomic mass is 9.64. The van der Waals surface area contributed by atoms with Gasteiger partial charge in [-0.1, -0.05) is 83.2 Å². The minimum atomic E-state index is -0.976. The molecule has 0 spiro atoms. The van der Waals surface area contributed by atoms with Crippen LogP contribution in [-0.2, 0) is 4.74 Å². The Labute approximate surface area is 296 Å². The molecule has 0 aromatic heterocycles. The Morgan fingerprint density at radius 1 is 0.467 bits per heavy atom. The fraction of sp³-hybridized carbons (Fsp3) is 1.00. The molecule has 9 aliphatic rings. The summed E-state index contributed by atoms with van der Waals surface area (Å²) in [5.41, 5.74) is 0. The largest absolute Gasteiger partial charge is 0.372 e. The van der Waals surface area contributed by atoms with Gasteiger partial charge in [-0.15, -0.1) is 0 Å². The third-order valence-electron chi connectivity index (χ3n) is 14.9. The first kappa shape index (κ1) is 22.2. The van der Waals surface area contributed by atoms with Crippen LogP contribution in [0.25, 0.3) is 0 Å². The van der Waals surface area contributed by atoms with Crippen LogP contribution >= 0.6 is 11.8 Å². The standard InChI is InChI=1S/C42H69NOS/c1-3-10-28(11-4-1)30-18-22-32(23-19-30)43(33-24-20-31(21-25-33)29-12-5-2-6-13-29)37-16-9-15-34-35-26-27-39-40(42(35)44-41(34)37)36-14-7-8-17-38(36)45-39/h28-42H,1-27H2/i1D,2D,3D,4D,5D,6D,10D,11D,12D,13D. The van der Waals surface area contributed by atoms with Gasteiger partial charge in [0.25, 0.3) is 0 Å². The number of thioether (sulfide) groups is 1. The molecule has 2 nitrogen and oxygen atoms in total. The molecule has 0 radical (unpaired) electrons. The van der Waals surface area contributed by atoms with Crippen LogP contribution in [0.4, 0.5) is 0 Å². The fourth-order valence-corrected chi connectivity index (χ4v) is 15.0. The van der Waals surface area contributed by atoms with Crippen LogP contribution in [0.1, 0.15) is 187 Å². The van der Waals surface area contributed by atoms with E-state index in [1.54, 1.807) is 0 Å². The molecule has 17 unspecified atom stereocenters. The van der Waals surface area contributed by atoms with Crippen LogP contribution in [0.5, 0.6) is 0 Å². The molecule has 2 aliphatic heterocycles. The molecular weight excluding hydrogens is 567 g/mol. The Hall–Kier alpha value is 0.270. The van der Waals surface area contributed by atoms with Crippen LogP contribution in [-0.4, -0.2) is 45.7 Å². The minimum Gasteiger partial charge on any atom is -0.372 e. The second-order valence-corrected chi connectivity index (χ2v) is 18.4. The molecule has 9 rings (SSSR count). The summed E-state index contributed by atoms with van der Waals surface area (Å²) < 4.78 is 94.1. The van der Waals surface area contributed by atoms with E-state index in [1.807, 2.05) is 0 Å². The van der Waals surface area contributed by atoms with E-state index in [4.69, 9.17) is 18.4 Å². The molecule has 45 heavy (non-hydrogen) atoms. The van der Waals surface area contributed by atoms with E-state index in [9.17, 15) is 0 Å². The molecule has 0 amide bonds. The van der Waals surface area contributed by atoms with Gasteiger partial charge >= 0.3 is 0 Å². The Balaban J connectivity index is 0.955. The maximum absolute atomic E-state index is 8.91. The molecule has 9 fully saturated rings. The SMILES string of the molecule is [2H]C1C([2H])C([2H])C(C2CCC(N(C3CCC(C4C([2H])C([2H])C([2H])C([2H])C4[2H])CC3)C3CCCC4C5CCC6SC7CCCCC7C6C5OC43)CC2)C([2H])C1[2H]. The molecule has 7 aliphatic carbocycles. The van der Waals surface area contributed by atoms with Crippen LogP contribution in [0.3, 0.4) is 0 Å². The zero-order valence-corrected chi connectivity index (χ0v) is 28.5. The summed E-state index contributed by atoms with van der Waals surface area (Å²) in [6, 6.07) is 1.13. The smallest absolute Gasteiger partial charge is 0.0766 e. The average molecular weight is 646 g/mol. The van der Waals surface area contributed by atoms with E-state index >= 15 is 0 Å². The van der Waals surface area contributed by atoms with Gasteiger partial charge in [-0.2, -0.15) is 11.8 Å². The number of rotatable bonds is 5. The normalized spacial score (nSPS) is 71.6. The summed E-state index contributed by atoms with van der Waals surface area (Å²) in [5.74, 6) is 2.54. The zero-order chi connectivity index (χ0) is 38.4. The molecule has 17 atom stereocenters. The minimum absolute atomic E-state index is 0.155. The fourth-order valence-electron chi connectivity index (χ4n) is 12.9. The second kappa shape index (κ2) is 13.9. The van der Waals surface area contributed by atoms with E-state index < -0.39 is 64.0 Å². The number of ether oxygens (including phenoxy) is 1. The van der Waals surface area contributed by atoms with E-state index in [2.05, 4.69) is 16.7 Å². The molecule has 0 aromatic rings. The highest BCUT2D eigenvalue weighted by atomic mass is 32.2. The lowest BCUT2D eigenvalue weighted by Gasteiger charge is -2.52. The Kier molecular flexibility index (Phi) is 6.84. The van der Waals surface area contributed by atoms with Crippen molar-refractivity contribution in [1.82, 2.24) is 4.90 Å². The van der Waals surface area contributed by atoms with Crippen molar-refractivity contribution in [1.29, 1.82) is 0 Å². The van der Waals surface area contributed by atoms with Gasteiger partial charge < -0.3 is 4.74 Å². The van der Waals surface area contributed by atoms with E-state index in [-0.39, 0.29) is 29.8 Å². The summed E-state index contributed by atoms with van der Waals surface area (Å²) in [5, 5.41) is 1.61. The van der Waals surface area contributed by atoms with Crippen LogP contribution in [0.2, 0.25) is 0 Å². The summed E-state index contributed by atoms with van der Waals surface area (Å²) in [4.78, 5) is 2.94. The quantitative estimate of drug-likeness (QED) is 0.295. The molecule has 3 heteroatoms. The Morgan fingerprint density at radius 2 is 1.04 bits per heavy atom. The van der Waals surface area contributed by atoms with Crippen LogP contribution < -0.4 is 0 Å². The highest BCUT2D eigenvalue weighted by molar-refractivity contribution is 8.00. The van der Waals surface area contributed by atoms with Crippen LogP contribution in [0, 0.1) is 47.3 Å². The molecule has 0 N–H and O–H groups in total. The Morgan fingerprint density at radius 3 is 1.69 bits per heavy atom. The lowest BCUT2D eigenvalue weighted by molar-refractivity contribution is -0.0986. The van der Waals surface area contributed by atoms with Crippen molar-refractivity contribution in [2.24, 2.45) is 47.3 Å². The first-order chi connectivity index (χ1) is 26.5. The van der Waals surface area contributed by atoms with E-state index in [0.717, 1.165) is 74.2 Å². The topological polar surface area (TPSA) is 12.5 Å². The highest BCUT2D eigenvalue weighted by Crippen LogP contribution is 2.61. The van der Waals surface area contributed by atoms with Gasteiger partial charge in [0, 0.05) is 48.3 Å². The van der Waals surface area contributed by atoms with Crippen molar-refractivity contribution in [2.45, 2.75) is 214 Å². The zero-order valence-electron chi connectivity index (χ0n) is 37.7. The maximum Gasteiger partial charge on any atom is 0.0766 e. The summed E-state index contributed by atoms with van der Waals surface area (Å²) in [6.45, 7) is 0. The van der Waals surface area contributed by atoms with Crippen molar-refractivity contribution < 1.29 is 18.4 Å². The van der Waals surface area contributed by atoms with Crippen molar-refractivity contribution in [2.75, 3.05) is 0 Å². The lowest BCUT2D eigenvalue weighted by Crippen LogP contribution is -2.58. The molecule has 2 saturated heterocycles. The maximum atomic E-state index is 8.91. The monoisotopic (exact) mass is 646 g/mol. The van der Waals surface area contributed by atoms with Gasteiger partial charge in [0.2, 0.25) is 0 Å². The van der Waals surface area contributed by atoms with Gasteiger partial charge in [-0.3, -0.25) is 4.90 Å². The number of hydrogen-bond donors (Lipinski definition) is 0. The summed E-state index contributed by atoms with van der Waals surface area (Å²) in [7, 11) is 0. The molecular formula is C42H69NOS. The van der Waals surface area contributed by atoms with Crippen molar-refractivity contribution in [3.05, 3.63) is 0 Å². The van der Waals surface area contributed by atoms with E-state index in [1.165, 1.54) is 51.4 Å². The predicted molar refractivity (Wildman–Crippen MR) is 190 cm³/mol. The highest BCUT2D eigenvalue weighted by Gasteiger charge is 2.60. The van der Waals surface area contributed by atoms with Gasteiger partial charge in [0.15, 0.2) is 0 Å². The third kappa shape index (κ3) is 6.06. The number of fused-ring (bicyclic) bond motifs is 7. The summed E-state index contributed by atoms with van der Waals surface area (Å²) >= 11 is 2.33.